The van der Waals surface area contributed by atoms with Gasteiger partial charge in [-0.15, -0.1) is 0 Å². The number of ether oxygens (including phenoxy) is 2. The lowest BCUT2D eigenvalue weighted by atomic mass is 10.2. The van der Waals surface area contributed by atoms with Crippen LogP contribution in [0.5, 0.6) is 11.5 Å². The lowest BCUT2D eigenvalue weighted by Crippen LogP contribution is -2.23. The van der Waals surface area contributed by atoms with Crippen LogP contribution >= 0.6 is 0 Å². The number of aromatic nitrogens is 1. The maximum absolute atomic E-state index is 12.2. The Balaban J connectivity index is 1.61. The minimum absolute atomic E-state index is 0.263. The van der Waals surface area contributed by atoms with Gasteiger partial charge in [0.2, 0.25) is 0 Å². The predicted octanol–water partition coefficient (Wildman–Crippen LogP) is 3.23. The number of carbonyl (C=O) groups excluding carboxylic acids is 1. The van der Waals surface area contributed by atoms with Crippen molar-refractivity contribution in [3.63, 3.8) is 0 Å². The summed E-state index contributed by atoms with van der Waals surface area (Å²) in [4.78, 5) is 16.4. The minimum Gasteiger partial charge on any atom is -0.493 e. The van der Waals surface area contributed by atoms with Gasteiger partial charge in [-0.3, -0.25) is 9.78 Å². The number of anilines is 1. The summed E-state index contributed by atoms with van der Waals surface area (Å²) in [5.74, 6) is 1.78. The lowest BCUT2D eigenvalue weighted by molar-refractivity contribution is 0.0943. The summed E-state index contributed by atoms with van der Waals surface area (Å²) < 4.78 is 15.8. The molecule has 0 aliphatic rings. The first kappa shape index (κ1) is 18.3. The molecule has 0 saturated heterocycles. The molecule has 0 aliphatic carbocycles. The molecule has 2 N–H and O–H groups in total. The highest BCUT2D eigenvalue weighted by Crippen LogP contribution is 2.27. The van der Waals surface area contributed by atoms with Crippen LogP contribution in [0.1, 0.15) is 21.8 Å². The molecule has 7 heteroatoms. The number of methoxy groups -OCH3 is 2. The third-order valence-electron chi connectivity index (χ3n) is 3.94. The molecule has 0 saturated carbocycles. The number of furan rings is 1. The Kier molecular flexibility index (Phi) is 5.94. The third kappa shape index (κ3) is 4.78. The van der Waals surface area contributed by atoms with Crippen molar-refractivity contribution in [2.45, 2.75) is 13.1 Å². The molecule has 27 heavy (non-hydrogen) atoms. The highest BCUT2D eigenvalue weighted by atomic mass is 16.5. The topological polar surface area (TPSA) is 85.6 Å². The Morgan fingerprint density at radius 1 is 1.07 bits per heavy atom. The second-order valence-electron chi connectivity index (χ2n) is 5.73. The molecule has 0 atom stereocenters. The van der Waals surface area contributed by atoms with Crippen molar-refractivity contribution in [1.29, 1.82) is 0 Å². The van der Waals surface area contributed by atoms with Crippen LogP contribution in [0.15, 0.2) is 59.3 Å². The first-order valence-electron chi connectivity index (χ1n) is 8.41. The molecule has 0 bridgehead atoms. The molecule has 1 aromatic carbocycles. The molecule has 3 rings (SSSR count). The van der Waals surface area contributed by atoms with Crippen molar-refractivity contribution < 1.29 is 18.7 Å². The summed E-state index contributed by atoms with van der Waals surface area (Å²) in [5, 5.41) is 6.06. The Morgan fingerprint density at radius 3 is 2.67 bits per heavy atom. The van der Waals surface area contributed by atoms with E-state index < -0.39 is 0 Å². The Labute approximate surface area is 157 Å². The Morgan fingerprint density at radius 2 is 1.93 bits per heavy atom. The molecular weight excluding hydrogens is 346 g/mol. The molecule has 0 radical (unpaired) electrons. The van der Waals surface area contributed by atoms with Crippen molar-refractivity contribution in [2.24, 2.45) is 0 Å². The minimum atomic E-state index is -0.263. The molecule has 3 aromatic rings. The maximum atomic E-state index is 12.2. The van der Waals surface area contributed by atoms with Crippen LogP contribution < -0.4 is 20.1 Å². The largest absolute Gasteiger partial charge is 0.493 e. The zero-order valence-corrected chi connectivity index (χ0v) is 15.2. The maximum Gasteiger partial charge on any atom is 0.270 e. The van der Waals surface area contributed by atoms with Gasteiger partial charge in [-0.25, -0.2) is 0 Å². The predicted molar refractivity (Wildman–Crippen MR) is 101 cm³/mol. The van der Waals surface area contributed by atoms with Gasteiger partial charge in [0, 0.05) is 18.4 Å². The van der Waals surface area contributed by atoms with Gasteiger partial charge in [-0.05, 0) is 42.0 Å². The zero-order chi connectivity index (χ0) is 19.1. The average Bonchev–Trinajstić information content (AvgIpc) is 3.24. The van der Waals surface area contributed by atoms with Gasteiger partial charge in [0.05, 0.1) is 27.0 Å². The van der Waals surface area contributed by atoms with Crippen LogP contribution in [0.3, 0.4) is 0 Å². The summed E-state index contributed by atoms with van der Waals surface area (Å²) in [6.45, 7) is 0.884. The van der Waals surface area contributed by atoms with Crippen LogP contribution in [0.2, 0.25) is 0 Å². The van der Waals surface area contributed by atoms with E-state index in [0.29, 0.717) is 36.0 Å². The van der Waals surface area contributed by atoms with Crippen LogP contribution in [0.25, 0.3) is 0 Å². The highest BCUT2D eigenvalue weighted by Gasteiger charge is 2.09. The van der Waals surface area contributed by atoms with Gasteiger partial charge in [0.25, 0.3) is 5.91 Å². The normalized spacial score (nSPS) is 10.3. The number of pyridine rings is 1. The SMILES string of the molecule is COc1ccc(CNc2ccnc(C(=O)NCc3ccco3)c2)cc1OC. The van der Waals surface area contributed by atoms with Crippen molar-refractivity contribution >= 4 is 11.6 Å². The molecule has 0 spiro atoms. The third-order valence-corrected chi connectivity index (χ3v) is 3.94. The molecule has 1 amide bonds. The van der Waals surface area contributed by atoms with Gasteiger partial charge in [-0.1, -0.05) is 6.07 Å². The van der Waals surface area contributed by atoms with Crippen molar-refractivity contribution in [1.82, 2.24) is 10.3 Å². The van der Waals surface area contributed by atoms with Gasteiger partial charge < -0.3 is 24.5 Å². The van der Waals surface area contributed by atoms with E-state index in [9.17, 15) is 4.79 Å². The second-order valence-corrected chi connectivity index (χ2v) is 5.73. The summed E-state index contributed by atoms with van der Waals surface area (Å²) >= 11 is 0. The number of carbonyl (C=O) groups is 1. The van der Waals surface area contributed by atoms with Crippen LogP contribution in [0.4, 0.5) is 5.69 Å². The van der Waals surface area contributed by atoms with E-state index in [0.717, 1.165) is 11.3 Å². The highest BCUT2D eigenvalue weighted by molar-refractivity contribution is 5.93. The average molecular weight is 367 g/mol. The molecule has 140 valence electrons. The standard InChI is InChI=1S/C20H21N3O4/c1-25-18-6-5-14(10-19(18)26-2)12-22-15-7-8-21-17(11-15)20(24)23-13-16-4-3-9-27-16/h3-11H,12-13H2,1-2H3,(H,21,22)(H,23,24). The van der Waals surface area contributed by atoms with E-state index in [1.807, 2.05) is 24.3 Å². The molecule has 2 heterocycles. The number of rotatable bonds is 8. The summed E-state index contributed by atoms with van der Waals surface area (Å²) in [7, 11) is 3.21. The van der Waals surface area contributed by atoms with E-state index in [1.165, 1.54) is 0 Å². The monoisotopic (exact) mass is 367 g/mol. The van der Waals surface area contributed by atoms with Crippen LogP contribution in [-0.2, 0) is 13.1 Å². The number of hydrogen-bond donors (Lipinski definition) is 2. The molecule has 2 aromatic heterocycles. The van der Waals surface area contributed by atoms with E-state index in [4.69, 9.17) is 13.9 Å². The fraction of sp³-hybridized carbons (Fsp3) is 0.200. The smallest absolute Gasteiger partial charge is 0.270 e. The fourth-order valence-electron chi connectivity index (χ4n) is 2.53. The first-order valence-corrected chi connectivity index (χ1v) is 8.41. The summed E-state index contributed by atoms with van der Waals surface area (Å²) in [6.07, 6.45) is 3.16. The van der Waals surface area contributed by atoms with Crippen molar-refractivity contribution in [3.05, 3.63) is 71.9 Å². The summed E-state index contributed by atoms with van der Waals surface area (Å²) in [6, 6.07) is 12.8. The Bertz CT molecular complexity index is 894. The number of benzene rings is 1. The van der Waals surface area contributed by atoms with E-state index in [1.54, 1.807) is 44.9 Å². The van der Waals surface area contributed by atoms with Gasteiger partial charge >= 0.3 is 0 Å². The lowest BCUT2D eigenvalue weighted by Gasteiger charge is -2.11. The second kappa shape index (κ2) is 8.75. The number of nitrogens with zero attached hydrogens (tertiary/aromatic N) is 1. The fourth-order valence-corrected chi connectivity index (χ4v) is 2.53. The van der Waals surface area contributed by atoms with Crippen LogP contribution in [0, 0.1) is 0 Å². The number of nitrogens with one attached hydrogen (secondary N) is 2. The van der Waals surface area contributed by atoms with E-state index >= 15 is 0 Å². The molecule has 0 fully saturated rings. The molecule has 7 nitrogen and oxygen atoms in total. The van der Waals surface area contributed by atoms with Crippen LogP contribution in [-0.4, -0.2) is 25.1 Å². The summed E-state index contributed by atoms with van der Waals surface area (Å²) in [5.41, 5.74) is 2.15. The quantitative estimate of drug-likeness (QED) is 0.636. The molecule has 0 aliphatic heterocycles. The molecular formula is C20H21N3O4. The van der Waals surface area contributed by atoms with Gasteiger partial charge in [0.15, 0.2) is 11.5 Å². The first-order chi connectivity index (χ1) is 13.2. The van der Waals surface area contributed by atoms with Crippen molar-refractivity contribution in [2.75, 3.05) is 19.5 Å². The van der Waals surface area contributed by atoms with E-state index in [2.05, 4.69) is 15.6 Å². The van der Waals surface area contributed by atoms with Gasteiger partial charge in [-0.2, -0.15) is 0 Å². The molecule has 0 unspecified atom stereocenters. The number of hydrogen-bond acceptors (Lipinski definition) is 6. The number of amides is 1. The van der Waals surface area contributed by atoms with E-state index in [-0.39, 0.29) is 5.91 Å². The Hall–Kier alpha value is -3.48. The van der Waals surface area contributed by atoms with Crippen molar-refractivity contribution in [3.8, 4) is 11.5 Å². The zero-order valence-electron chi connectivity index (χ0n) is 15.2. The van der Waals surface area contributed by atoms with Gasteiger partial charge in [0.1, 0.15) is 11.5 Å².